The molecule has 0 unspecified atom stereocenters. The van der Waals surface area contributed by atoms with E-state index in [1.165, 1.54) is 0 Å². The summed E-state index contributed by atoms with van der Waals surface area (Å²) in [6.07, 6.45) is 0. The molecule has 0 aliphatic rings. The van der Waals surface area contributed by atoms with Gasteiger partial charge in [-0.1, -0.05) is 0 Å². The van der Waals surface area contributed by atoms with Gasteiger partial charge in [0.1, 0.15) is 0 Å². The van der Waals surface area contributed by atoms with Crippen LogP contribution in [0.25, 0.3) is 0 Å². The van der Waals surface area contributed by atoms with Gasteiger partial charge in [0.25, 0.3) is 0 Å². The van der Waals surface area contributed by atoms with Gasteiger partial charge in [0.2, 0.25) is 0 Å². The average molecular weight is 89.1 g/mol. The molecule has 0 heterocycles. The Labute approximate surface area is 34.7 Å². The van der Waals surface area contributed by atoms with Crippen LogP contribution in [0.5, 0.6) is 0 Å². The number of hydrogen-bond acceptors (Lipinski definition) is 3. The Morgan fingerprint density at radius 1 is 2.00 bits per heavy atom. The van der Waals surface area contributed by atoms with Crippen molar-refractivity contribution in [2.45, 2.75) is 0 Å². The van der Waals surface area contributed by atoms with E-state index in [1.807, 2.05) is 0 Å². The van der Waals surface area contributed by atoms with Crippen LogP contribution in [-0.2, 0) is 9.53 Å². The van der Waals surface area contributed by atoms with Crippen molar-refractivity contribution in [1.82, 2.24) is 0 Å². The van der Waals surface area contributed by atoms with Crippen molar-refractivity contribution in [3.8, 4) is 0 Å². The zero-order valence-electron chi connectivity index (χ0n) is 2.30. The SMILES string of the molecule is O=[C]OC=S. The van der Waals surface area contributed by atoms with E-state index in [1.54, 1.807) is 0 Å². The lowest BCUT2D eigenvalue weighted by Crippen LogP contribution is -1.74. The van der Waals surface area contributed by atoms with E-state index in [0.29, 0.717) is 0 Å². The van der Waals surface area contributed by atoms with Gasteiger partial charge in [-0.3, -0.25) is 0 Å². The molecule has 27 valence electrons. The Morgan fingerprint density at radius 2 is 2.60 bits per heavy atom. The molecule has 3 heteroatoms. The van der Waals surface area contributed by atoms with Gasteiger partial charge >= 0.3 is 6.47 Å². The van der Waals surface area contributed by atoms with Crippen LogP contribution >= 0.6 is 12.2 Å². The fourth-order valence-electron chi connectivity index (χ4n) is 0.0196. The third-order valence-electron chi connectivity index (χ3n) is 0.0962. The highest BCUT2D eigenvalue weighted by Gasteiger charge is 1.59. The van der Waals surface area contributed by atoms with Crippen LogP contribution in [0.3, 0.4) is 0 Å². The smallest absolute Gasteiger partial charge is 0.414 e. The zero-order chi connectivity index (χ0) is 4.12. The van der Waals surface area contributed by atoms with E-state index in [0.717, 1.165) is 12.0 Å². The highest BCUT2D eigenvalue weighted by atomic mass is 32.1. The van der Waals surface area contributed by atoms with Crippen molar-refractivity contribution in [3.05, 3.63) is 0 Å². The molecule has 0 aliphatic carbocycles. The number of carbonyl (C=O) groups excluding carboxylic acids is 1. The van der Waals surface area contributed by atoms with Gasteiger partial charge in [-0.05, 0) is 12.2 Å². The van der Waals surface area contributed by atoms with E-state index in [9.17, 15) is 0 Å². The average Bonchev–Trinajstić information content (AvgIpc) is 1.41. The van der Waals surface area contributed by atoms with Crippen molar-refractivity contribution in [1.29, 1.82) is 0 Å². The Hall–Kier alpha value is -0.440. The molecule has 0 atom stereocenters. The molecule has 0 amide bonds. The maximum Gasteiger partial charge on any atom is 0.423 e. The highest BCUT2D eigenvalue weighted by Crippen LogP contribution is 1.48. The van der Waals surface area contributed by atoms with Crippen molar-refractivity contribution in [2.24, 2.45) is 0 Å². The Balaban J connectivity index is 2.65. The first kappa shape index (κ1) is 4.56. The van der Waals surface area contributed by atoms with Crippen molar-refractivity contribution >= 4 is 24.2 Å². The van der Waals surface area contributed by atoms with Gasteiger partial charge in [-0.15, -0.1) is 0 Å². The quantitative estimate of drug-likeness (QED) is 0.446. The van der Waals surface area contributed by atoms with Crippen molar-refractivity contribution in [3.63, 3.8) is 0 Å². The predicted molar refractivity (Wildman–Crippen MR) is 20.4 cm³/mol. The molecular weight excluding hydrogens is 88.1 g/mol. The fraction of sp³-hybridized carbons (Fsp3) is 0. The second-order valence-electron chi connectivity index (χ2n) is 0.297. The summed E-state index contributed by atoms with van der Waals surface area (Å²) in [5, 5.41) is 0. The Morgan fingerprint density at radius 3 is 2.60 bits per heavy atom. The van der Waals surface area contributed by atoms with Gasteiger partial charge in [0.15, 0.2) is 5.55 Å². The van der Waals surface area contributed by atoms with Crippen LogP contribution < -0.4 is 0 Å². The van der Waals surface area contributed by atoms with E-state index in [2.05, 4.69) is 17.0 Å². The van der Waals surface area contributed by atoms with Crippen LogP contribution in [0, 0.1) is 0 Å². The topological polar surface area (TPSA) is 26.3 Å². The minimum Gasteiger partial charge on any atom is -0.414 e. The summed E-state index contributed by atoms with van der Waals surface area (Å²) in [5.74, 6) is 0. The molecule has 0 aromatic carbocycles. The predicted octanol–water partition coefficient (Wildman–Crippen LogP) is 0.0274. The third kappa shape index (κ3) is 3.56. The van der Waals surface area contributed by atoms with Gasteiger partial charge in [0.05, 0.1) is 0 Å². The summed E-state index contributed by atoms with van der Waals surface area (Å²) < 4.78 is 3.72. The summed E-state index contributed by atoms with van der Waals surface area (Å²) in [7, 11) is 0. The van der Waals surface area contributed by atoms with E-state index >= 15 is 0 Å². The van der Waals surface area contributed by atoms with E-state index in [4.69, 9.17) is 4.79 Å². The molecule has 2 nitrogen and oxygen atoms in total. The van der Waals surface area contributed by atoms with Crippen molar-refractivity contribution in [2.75, 3.05) is 0 Å². The largest absolute Gasteiger partial charge is 0.423 e. The molecule has 0 saturated carbocycles. The lowest BCUT2D eigenvalue weighted by Gasteiger charge is -1.66. The summed E-state index contributed by atoms with van der Waals surface area (Å²) in [6, 6.07) is 0. The van der Waals surface area contributed by atoms with Gasteiger partial charge < -0.3 is 4.74 Å². The molecule has 0 fully saturated rings. The maximum absolute atomic E-state index is 8.96. The van der Waals surface area contributed by atoms with Crippen LogP contribution in [0.2, 0.25) is 0 Å². The fourth-order valence-corrected chi connectivity index (χ4v) is 0.0589. The molecule has 0 aliphatic heterocycles. The lowest BCUT2D eigenvalue weighted by atomic mass is 11.5. The van der Waals surface area contributed by atoms with Gasteiger partial charge in [-0.25, -0.2) is 4.79 Å². The zero-order valence-corrected chi connectivity index (χ0v) is 3.12. The van der Waals surface area contributed by atoms with Crippen LogP contribution in [-0.4, -0.2) is 12.0 Å². The standard InChI is InChI=1S/C2HO2S/c3-1-4-2-5/h2H. The highest BCUT2D eigenvalue weighted by molar-refractivity contribution is 7.78. The molecule has 0 aromatic rings. The molecule has 0 spiro atoms. The normalized spacial score (nSPS) is 5.60. The number of ether oxygens (including phenoxy) is 1. The van der Waals surface area contributed by atoms with Crippen LogP contribution in [0.15, 0.2) is 0 Å². The van der Waals surface area contributed by atoms with E-state index < -0.39 is 0 Å². The van der Waals surface area contributed by atoms with Crippen molar-refractivity contribution < 1.29 is 9.53 Å². The summed E-state index contributed by atoms with van der Waals surface area (Å²) in [5.41, 5.74) is 0.840. The van der Waals surface area contributed by atoms with Crippen LogP contribution in [0.1, 0.15) is 0 Å². The minimum atomic E-state index is 0.840. The number of rotatable bonds is 2. The van der Waals surface area contributed by atoms with E-state index in [-0.39, 0.29) is 0 Å². The molecule has 0 aromatic heterocycles. The first-order valence-corrected chi connectivity index (χ1v) is 1.35. The van der Waals surface area contributed by atoms with Gasteiger partial charge in [-0.2, -0.15) is 0 Å². The number of thiocarbonyl (C=S) groups is 1. The second kappa shape index (κ2) is 3.56. The first-order valence-electron chi connectivity index (χ1n) is 0.880. The monoisotopic (exact) mass is 89.0 g/mol. The second-order valence-corrected chi connectivity index (χ2v) is 0.490. The number of hydrogen-bond donors (Lipinski definition) is 0. The summed E-state index contributed by atoms with van der Waals surface area (Å²) >= 11 is 4.04. The molecule has 0 bridgehead atoms. The molecule has 0 rings (SSSR count). The third-order valence-corrected chi connectivity index (χ3v) is 0.192. The summed E-state index contributed by atoms with van der Waals surface area (Å²) in [4.78, 5) is 8.96. The minimum absolute atomic E-state index is 0.840. The first-order chi connectivity index (χ1) is 2.41. The molecule has 1 radical (unpaired) electrons. The summed E-state index contributed by atoms with van der Waals surface area (Å²) in [6.45, 7) is 1.11. The maximum atomic E-state index is 8.96. The molecular formula is C2HO2S. The Bertz CT molecular complexity index is 36.9. The van der Waals surface area contributed by atoms with Gasteiger partial charge in [0, 0.05) is 0 Å². The lowest BCUT2D eigenvalue weighted by molar-refractivity contribution is 0.452. The Kier molecular flexibility index (Phi) is 3.25. The molecule has 0 saturated heterocycles. The molecule has 0 N–H and O–H groups in total. The molecule has 5 heavy (non-hydrogen) atoms. The van der Waals surface area contributed by atoms with Crippen LogP contribution in [0.4, 0.5) is 0 Å².